The number of benzene rings is 1. The molecule has 1 unspecified atom stereocenters. The summed E-state index contributed by atoms with van der Waals surface area (Å²) in [5, 5.41) is 1.35. The predicted octanol–water partition coefficient (Wildman–Crippen LogP) is 2.57. The number of para-hydroxylation sites is 1. The van der Waals surface area contributed by atoms with Crippen molar-refractivity contribution in [1.29, 1.82) is 0 Å². The Balaban J connectivity index is 2.89. The van der Waals surface area contributed by atoms with Crippen LogP contribution in [-0.4, -0.2) is 34.2 Å². The molecule has 118 valence electrons. The van der Waals surface area contributed by atoms with Crippen LogP contribution in [0.25, 0.3) is 0 Å². The van der Waals surface area contributed by atoms with E-state index < -0.39 is 9.04 Å². The molecule has 0 fully saturated rings. The average Bonchev–Trinajstić information content (AvgIpc) is 2.43. The minimum absolute atomic E-state index is 0.193. The van der Waals surface area contributed by atoms with Gasteiger partial charge in [-0.3, -0.25) is 9.63 Å². The molecule has 1 amide bonds. The van der Waals surface area contributed by atoms with E-state index in [-0.39, 0.29) is 10.9 Å². The normalized spacial score (nSPS) is 13.0. The summed E-state index contributed by atoms with van der Waals surface area (Å²) >= 11 is 0. The summed E-state index contributed by atoms with van der Waals surface area (Å²) in [6, 6.07) is 5.40. The molecular formula is C15H26N2O3Si. The number of anilines is 1. The van der Waals surface area contributed by atoms with Gasteiger partial charge in [0.1, 0.15) is 0 Å². The zero-order chi connectivity index (χ0) is 16.2. The van der Waals surface area contributed by atoms with Crippen LogP contribution < -0.4 is 5.73 Å². The molecule has 0 aliphatic carbocycles. The van der Waals surface area contributed by atoms with E-state index >= 15 is 0 Å². The van der Waals surface area contributed by atoms with Gasteiger partial charge in [0, 0.05) is 18.3 Å². The van der Waals surface area contributed by atoms with Crippen molar-refractivity contribution in [1.82, 2.24) is 5.06 Å². The number of hydrogen-bond acceptors (Lipinski definition) is 4. The summed E-state index contributed by atoms with van der Waals surface area (Å²) in [6.45, 7) is 9.15. The fourth-order valence-electron chi connectivity index (χ4n) is 1.64. The highest BCUT2D eigenvalue weighted by Gasteiger charge is 2.23. The molecule has 0 saturated heterocycles. The first-order valence-corrected chi connectivity index (χ1v) is 9.20. The van der Waals surface area contributed by atoms with Gasteiger partial charge in [-0.2, -0.15) is 0 Å². The molecule has 0 aliphatic rings. The Morgan fingerprint density at radius 1 is 1.38 bits per heavy atom. The van der Waals surface area contributed by atoms with E-state index in [1.165, 1.54) is 7.11 Å². The molecule has 1 rings (SSSR count). The van der Waals surface area contributed by atoms with Gasteiger partial charge in [0.25, 0.3) is 5.91 Å². The minimum Gasteiger partial charge on any atom is -0.415 e. The van der Waals surface area contributed by atoms with Crippen LogP contribution in [0.15, 0.2) is 18.2 Å². The van der Waals surface area contributed by atoms with Crippen molar-refractivity contribution in [2.75, 3.05) is 19.9 Å². The van der Waals surface area contributed by atoms with Gasteiger partial charge in [-0.05, 0) is 17.7 Å². The van der Waals surface area contributed by atoms with Gasteiger partial charge < -0.3 is 10.2 Å². The maximum absolute atomic E-state index is 12.1. The lowest BCUT2D eigenvalue weighted by atomic mass is 10.1. The van der Waals surface area contributed by atoms with E-state index in [0.717, 1.165) is 10.6 Å². The predicted molar refractivity (Wildman–Crippen MR) is 87.5 cm³/mol. The maximum atomic E-state index is 12.1. The Morgan fingerprint density at radius 3 is 2.52 bits per heavy atom. The average molecular weight is 310 g/mol. The Morgan fingerprint density at radius 2 is 2.00 bits per heavy atom. The van der Waals surface area contributed by atoms with Gasteiger partial charge in [-0.25, -0.2) is 5.06 Å². The maximum Gasteiger partial charge on any atom is 0.279 e. The zero-order valence-corrected chi connectivity index (χ0v) is 14.9. The van der Waals surface area contributed by atoms with E-state index in [2.05, 4.69) is 27.3 Å². The number of carbonyl (C=O) groups excluding carboxylic acids is 1. The van der Waals surface area contributed by atoms with Gasteiger partial charge in [-0.1, -0.05) is 32.9 Å². The lowest BCUT2D eigenvalue weighted by Crippen LogP contribution is -2.27. The lowest BCUT2D eigenvalue weighted by Gasteiger charge is -2.26. The fraction of sp³-hybridized carbons (Fsp3) is 0.533. The first kappa shape index (κ1) is 17.7. The van der Waals surface area contributed by atoms with Gasteiger partial charge >= 0.3 is 0 Å². The van der Waals surface area contributed by atoms with Crippen LogP contribution in [0.2, 0.25) is 11.6 Å². The third kappa shape index (κ3) is 4.55. The highest BCUT2D eigenvalue weighted by molar-refractivity contribution is 6.53. The van der Waals surface area contributed by atoms with E-state index in [0.29, 0.717) is 17.9 Å². The molecule has 0 aromatic heterocycles. The second-order valence-corrected chi connectivity index (χ2v) is 9.53. The van der Waals surface area contributed by atoms with Crippen molar-refractivity contribution in [3.63, 3.8) is 0 Å². The third-order valence-corrected chi connectivity index (χ3v) is 6.80. The quantitative estimate of drug-likeness (QED) is 0.516. The number of hydroxylamine groups is 2. The van der Waals surface area contributed by atoms with Gasteiger partial charge in [0.15, 0.2) is 9.04 Å². The van der Waals surface area contributed by atoms with Gasteiger partial charge in [-0.15, -0.1) is 0 Å². The van der Waals surface area contributed by atoms with Crippen LogP contribution in [0.3, 0.4) is 0 Å². The molecule has 5 nitrogen and oxygen atoms in total. The van der Waals surface area contributed by atoms with Crippen LogP contribution in [0.4, 0.5) is 5.69 Å². The number of nitrogen functional groups attached to an aromatic ring is 1. The van der Waals surface area contributed by atoms with Crippen molar-refractivity contribution in [3.05, 3.63) is 29.3 Å². The molecule has 2 N–H and O–H groups in total. The second kappa shape index (κ2) is 7.06. The molecule has 0 heterocycles. The van der Waals surface area contributed by atoms with Crippen LogP contribution in [0.1, 0.15) is 36.7 Å². The first-order chi connectivity index (χ1) is 9.68. The summed E-state index contributed by atoms with van der Waals surface area (Å²) in [6.07, 6.45) is 0. The Labute approximate surface area is 128 Å². The monoisotopic (exact) mass is 310 g/mol. The smallest absolute Gasteiger partial charge is 0.279 e. The Kier molecular flexibility index (Phi) is 5.95. The van der Waals surface area contributed by atoms with E-state index in [1.54, 1.807) is 13.1 Å². The molecule has 0 saturated carbocycles. The highest BCUT2D eigenvalue weighted by atomic mass is 28.3. The van der Waals surface area contributed by atoms with E-state index in [4.69, 9.17) is 15.0 Å². The molecule has 6 heteroatoms. The molecule has 1 atom stereocenters. The van der Waals surface area contributed by atoms with Crippen LogP contribution >= 0.6 is 0 Å². The van der Waals surface area contributed by atoms with Crippen molar-refractivity contribution in [3.8, 4) is 0 Å². The van der Waals surface area contributed by atoms with Crippen molar-refractivity contribution >= 4 is 20.6 Å². The molecular weight excluding hydrogens is 284 g/mol. The molecule has 0 bridgehead atoms. The van der Waals surface area contributed by atoms with E-state index in [9.17, 15) is 4.79 Å². The number of amides is 1. The topological polar surface area (TPSA) is 64.8 Å². The largest absolute Gasteiger partial charge is 0.415 e. The van der Waals surface area contributed by atoms with Crippen LogP contribution in [-0.2, 0) is 15.9 Å². The third-order valence-electron chi connectivity index (χ3n) is 3.70. The lowest BCUT2D eigenvalue weighted by molar-refractivity contribution is -0.0756. The summed E-state index contributed by atoms with van der Waals surface area (Å²) in [4.78, 5) is 17.0. The molecule has 0 aliphatic heterocycles. The Bertz CT molecular complexity index is 500. The standard InChI is InChI=1S/C15H26N2O3Si/c1-15(2,3)21(6)20-10-11-8-7-9-12(13(11)16)14(18)17(4)19-5/h7-9,21H,10,16H2,1-6H3. The van der Waals surface area contributed by atoms with Crippen molar-refractivity contribution < 1.29 is 14.1 Å². The SMILES string of the molecule is CON(C)C(=O)c1cccc(CO[SiH](C)C(C)(C)C)c1N. The molecule has 1 aromatic rings. The summed E-state index contributed by atoms with van der Waals surface area (Å²) < 4.78 is 6.00. The molecule has 0 spiro atoms. The van der Waals surface area contributed by atoms with E-state index in [1.807, 2.05) is 12.1 Å². The number of nitrogens with zero attached hydrogens (tertiary/aromatic N) is 1. The summed E-state index contributed by atoms with van der Waals surface area (Å²) in [5.41, 5.74) is 7.84. The van der Waals surface area contributed by atoms with Crippen LogP contribution in [0.5, 0.6) is 0 Å². The molecule has 21 heavy (non-hydrogen) atoms. The number of nitrogens with two attached hydrogens (primary N) is 1. The summed E-state index contributed by atoms with van der Waals surface area (Å²) in [5.74, 6) is -0.266. The number of carbonyl (C=O) groups is 1. The molecule has 0 radical (unpaired) electrons. The minimum atomic E-state index is -1.32. The van der Waals surface area contributed by atoms with Gasteiger partial charge in [0.05, 0.1) is 19.3 Å². The summed E-state index contributed by atoms with van der Waals surface area (Å²) in [7, 11) is 1.67. The first-order valence-electron chi connectivity index (χ1n) is 6.99. The number of hydrogen-bond donors (Lipinski definition) is 1. The Hall–Kier alpha value is -1.37. The van der Waals surface area contributed by atoms with Crippen molar-refractivity contribution in [2.45, 2.75) is 39.0 Å². The molecule has 1 aromatic carbocycles. The fourth-order valence-corrected chi connectivity index (χ4v) is 2.57. The second-order valence-electron chi connectivity index (χ2n) is 6.18. The van der Waals surface area contributed by atoms with Gasteiger partial charge in [0.2, 0.25) is 0 Å². The number of rotatable bonds is 5. The van der Waals surface area contributed by atoms with Crippen LogP contribution in [0, 0.1) is 0 Å². The highest BCUT2D eigenvalue weighted by Crippen LogP contribution is 2.28. The van der Waals surface area contributed by atoms with Crippen molar-refractivity contribution in [2.24, 2.45) is 0 Å². The zero-order valence-electron chi connectivity index (χ0n) is 13.8.